The molecule has 2 N–H and O–H groups in total. The molecular formula is C16H19NO4S. The molecule has 0 aliphatic carbocycles. The molecule has 2 aromatic heterocycles. The predicted molar refractivity (Wildman–Crippen MR) is 84.5 cm³/mol. The second kappa shape index (κ2) is 6.36. The Kier molecular flexibility index (Phi) is 4.71. The van der Waals surface area contributed by atoms with Crippen LogP contribution in [0.3, 0.4) is 0 Å². The Balaban J connectivity index is 2.10. The third kappa shape index (κ3) is 3.57. The maximum atomic E-state index is 12.4. The standard InChI is InChI=1S/C16H19NO4S/c1-10-8-21-11(7-13(18)19)14(10)15(20)17-9-16(2,3)12-5-4-6-22-12/h4-6,8H,7,9H2,1-3H3,(H,17,20)(H,18,19). The van der Waals surface area contributed by atoms with E-state index in [-0.39, 0.29) is 23.5 Å². The Labute approximate surface area is 133 Å². The first-order chi connectivity index (χ1) is 10.3. The topological polar surface area (TPSA) is 79.5 Å². The zero-order valence-electron chi connectivity index (χ0n) is 12.8. The highest BCUT2D eigenvalue weighted by Gasteiger charge is 2.25. The summed E-state index contributed by atoms with van der Waals surface area (Å²) in [5.74, 6) is -1.13. The number of carboxylic acid groups (broad SMARTS) is 1. The van der Waals surface area contributed by atoms with Crippen LogP contribution >= 0.6 is 11.3 Å². The highest BCUT2D eigenvalue weighted by molar-refractivity contribution is 7.10. The number of rotatable bonds is 6. The van der Waals surface area contributed by atoms with Crippen molar-refractivity contribution in [3.8, 4) is 0 Å². The second-order valence-electron chi connectivity index (χ2n) is 5.83. The van der Waals surface area contributed by atoms with E-state index < -0.39 is 5.97 Å². The number of hydrogen-bond acceptors (Lipinski definition) is 4. The summed E-state index contributed by atoms with van der Waals surface area (Å²) < 4.78 is 5.19. The molecule has 2 rings (SSSR count). The van der Waals surface area contributed by atoms with Crippen LogP contribution in [-0.2, 0) is 16.6 Å². The van der Waals surface area contributed by atoms with Crippen molar-refractivity contribution < 1.29 is 19.1 Å². The second-order valence-corrected chi connectivity index (χ2v) is 6.78. The van der Waals surface area contributed by atoms with E-state index in [0.29, 0.717) is 17.7 Å². The number of carboxylic acids is 1. The molecule has 2 aromatic rings. The molecule has 2 heterocycles. The van der Waals surface area contributed by atoms with Gasteiger partial charge in [0, 0.05) is 22.4 Å². The lowest BCUT2D eigenvalue weighted by Crippen LogP contribution is -2.36. The van der Waals surface area contributed by atoms with E-state index in [2.05, 4.69) is 19.2 Å². The Hall–Kier alpha value is -2.08. The maximum Gasteiger partial charge on any atom is 0.311 e. The minimum atomic E-state index is -1.03. The first-order valence-corrected chi connectivity index (χ1v) is 7.80. The molecule has 5 nitrogen and oxygen atoms in total. The molecule has 0 atom stereocenters. The maximum absolute atomic E-state index is 12.4. The van der Waals surface area contributed by atoms with Crippen LogP contribution in [0.4, 0.5) is 0 Å². The number of carbonyl (C=O) groups excluding carboxylic acids is 1. The van der Waals surface area contributed by atoms with Gasteiger partial charge in [0.05, 0.1) is 11.8 Å². The van der Waals surface area contributed by atoms with Crippen molar-refractivity contribution in [2.24, 2.45) is 0 Å². The molecule has 22 heavy (non-hydrogen) atoms. The number of nitrogens with one attached hydrogen (secondary N) is 1. The molecule has 0 fully saturated rings. The average Bonchev–Trinajstić information content (AvgIpc) is 3.06. The monoisotopic (exact) mass is 321 g/mol. The van der Waals surface area contributed by atoms with Gasteiger partial charge in [-0.25, -0.2) is 0 Å². The van der Waals surface area contributed by atoms with Gasteiger partial charge in [0.25, 0.3) is 5.91 Å². The van der Waals surface area contributed by atoms with Gasteiger partial charge in [0.15, 0.2) is 0 Å². The van der Waals surface area contributed by atoms with E-state index in [1.807, 2.05) is 17.5 Å². The minimum Gasteiger partial charge on any atom is -0.481 e. The van der Waals surface area contributed by atoms with E-state index in [4.69, 9.17) is 9.52 Å². The van der Waals surface area contributed by atoms with E-state index >= 15 is 0 Å². The molecule has 118 valence electrons. The van der Waals surface area contributed by atoms with Crippen molar-refractivity contribution in [3.63, 3.8) is 0 Å². The lowest BCUT2D eigenvalue weighted by molar-refractivity contribution is -0.136. The normalized spacial score (nSPS) is 11.4. The molecule has 0 saturated heterocycles. The summed E-state index contributed by atoms with van der Waals surface area (Å²) in [6, 6.07) is 4.02. The third-order valence-electron chi connectivity index (χ3n) is 3.47. The van der Waals surface area contributed by atoms with Crippen molar-refractivity contribution in [2.75, 3.05) is 6.54 Å². The summed E-state index contributed by atoms with van der Waals surface area (Å²) in [6.07, 6.45) is 1.11. The van der Waals surface area contributed by atoms with Gasteiger partial charge in [-0.05, 0) is 18.4 Å². The summed E-state index contributed by atoms with van der Waals surface area (Å²) in [5, 5.41) is 13.8. The lowest BCUT2D eigenvalue weighted by atomic mass is 9.91. The fourth-order valence-corrected chi connectivity index (χ4v) is 3.06. The van der Waals surface area contributed by atoms with E-state index in [0.717, 1.165) is 0 Å². The molecule has 0 radical (unpaired) electrons. The molecule has 0 aliphatic heterocycles. The van der Waals surface area contributed by atoms with Gasteiger partial charge in [-0.2, -0.15) is 0 Å². The van der Waals surface area contributed by atoms with Gasteiger partial charge in [-0.3, -0.25) is 9.59 Å². The molecule has 6 heteroatoms. The average molecular weight is 321 g/mol. The third-order valence-corrected chi connectivity index (χ3v) is 4.70. The van der Waals surface area contributed by atoms with Crippen molar-refractivity contribution in [1.82, 2.24) is 5.32 Å². The number of amides is 1. The molecule has 1 amide bonds. The van der Waals surface area contributed by atoms with Crippen LogP contribution in [0.5, 0.6) is 0 Å². The molecular weight excluding hydrogens is 302 g/mol. The molecule has 0 saturated carbocycles. The quantitative estimate of drug-likeness (QED) is 0.857. The van der Waals surface area contributed by atoms with E-state index in [1.165, 1.54) is 11.1 Å². The zero-order valence-corrected chi connectivity index (χ0v) is 13.6. The Morgan fingerprint density at radius 1 is 1.41 bits per heavy atom. The molecule has 0 unspecified atom stereocenters. The Morgan fingerprint density at radius 3 is 2.73 bits per heavy atom. The van der Waals surface area contributed by atoms with Crippen LogP contribution in [0.2, 0.25) is 0 Å². The van der Waals surface area contributed by atoms with Crippen molar-refractivity contribution in [3.05, 3.63) is 45.5 Å². The van der Waals surface area contributed by atoms with Gasteiger partial charge >= 0.3 is 5.97 Å². The largest absolute Gasteiger partial charge is 0.481 e. The summed E-state index contributed by atoms with van der Waals surface area (Å²) in [6.45, 7) is 6.30. The van der Waals surface area contributed by atoms with Crippen molar-refractivity contribution in [2.45, 2.75) is 32.6 Å². The van der Waals surface area contributed by atoms with Crippen LogP contribution in [0.25, 0.3) is 0 Å². The number of hydrogen-bond donors (Lipinski definition) is 2. The fourth-order valence-electron chi connectivity index (χ4n) is 2.21. The minimum absolute atomic E-state index is 0.186. The SMILES string of the molecule is Cc1coc(CC(=O)O)c1C(=O)NCC(C)(C)c1cccs1. The van der Waals surface area contributed by atoms with E-state index in [9.17, 15) is 9.59 Å². The molecule has 0 spiro atoms. The van der Waals surface area contributed by atoms with Gasteiger partial charge < -0.3 is 14.8 Å². The van der Waals surface area contributed by atoms with Gasteiger partial charge in [-0.15, -0.1) is 11.3 Å². The van der Waals surface area contributed by atoms with Gasteiger partial charge in [0.2, 0.25) is 0 Å². The first-order valence-electron chi connectivity index (χ1n) is 6.92. The Morgan fingerprint density at radius 2 is 2.14 bits per heavy atom. The number of aryl methyl sites for hydroxylation is 1. The van der Waals surface area contributed by atoms with Crippen LogP contribution in [0.15, 0.2) is 28.2 Å². The van der Waals surface area contributed by atoms with Gasteiger partial charge in [0.1, 0.15) is 12.2 Å². The summed E-state index contributed by atoms with van der Waals surface area (Å²) in [7, 11) is 0. The summed E-state index contributed by atoms with van der Waals surface area (Å²) in [4.78, 5) is 24.4. The fraction of sp³-hybridized carbons (Fsp3) is 0.375. The highest BCUT2D eigenvalue weighted by Crippen LogP contribution is 2.27. The first kappa shape index (κ1) is 16.3. The van der Waals surface area contributed by atoms with Gasteiger partial charge in [-0.1, -0.05) is 19.9 Å². The smallest absolute Gasteiger partial charge is 0.311 e. The van der Waals surface area contributed by atoms with Crippen LogP contribution in [-0.4, -0.2) is 23.5 Å². The summed E-state index contributed by atoms with van der Waals surface area (Å²) >= 11 is 1.65. The number of furan rings is 1. The molecule has 0 aliphatic rings. The highest BCUT2D eigenvalue weighted by atomic mass is 32.1. The number of carbonyl (C=O) groups is 2. The number of thiophene rings is 1. The van der Waals surface area contributed by atoms with Crippen LogP contribution in [0, 0.1) is 6.92 Å². The lowest BCUT2D eigenvalue weighted by Gasteiger charge is -2.23. The molecule has 0 aromatic carbocycles. The zero-order chi connectivity index (χ0) is 16.3. The molecule has 0 bridgehead atoms. The van der Waals surface area contributed by atoms with Crippen LogP contribution < -0.4 is 5.32 Å². The van der Waals surface area contributed by atoms with Crippen molar-refractivity contribution >= 4 is 23.2 Å². The van der Waals surface area contributed by atoms with Crippen molar-refractivity contribution in [1.29, 1.82) is 0 Å². The van der Waals surface area contributed by atoms with Crippen LogP contribution in [0.1, 0.15) is 40.4 Å². The Bertz CT molecular complexity index is 670. The summed E-state index contributed by atoms with van der Waals surface area (Å²) in [5.41, 5.74) is 0.779. The predicted octanol–water partition coefficient (Wildman–Crippen LogP) is 2.98. The number of aliphatic carboxylic acids is 1. The van der Waals surface area contributed by atoms with E-state index in [1.54, 1.807) is 18.3 Å².